The minimum atomic E-state index is -0.843. The molecule has 0 aliphatic rings. The first-order valence-electron chi connectivity index (χ1n) is 13.3. The van der Waals surface area contributed by atoms with Crippen LogP contribution in [-0.4, -0.2) is 79.5 Å². The van der Waals surface area contributed by atoms with E-state index >= 15 is 0 Å². The maximum atomic E-state index is 14.0. The van der Waals surface area contributed by atoms with Crippen molar-refractivity contribution in [3.05, 3.63) is 82.6 Å². The van der Waals surface area contributed by atoms with Crippen LogP contribution in [0.5, 0.6) is 0 Å². The number of hydrogen-bond acceptors (Lipinski definition) is 6. The van der Waals surface area contributed by atoms with Gasteiger partial charge in [-0.05, 0) is 42.0 Å². The van der Waals surface area contributed by atoms with Crippen molar-refractivity contribution in [2.45, 2.75) is 44.3 Å². The molecule has 3 amide bonds. The van der Waals surface area contributed by atoms with E-state index in [0.29, 0.717) is 6.42 Å². The van der Waals surface area contributed by atoms with E-state index in [0.717, 1.165) is 21.6 Å². The minimum absolute atomic E-state index is 0.200. The Labute approximate surface area is 241 Å². The number of carbonyl (C=O) groups is 3. The monoisotopic (exact) mass is 564 g/mol. The van der Waals surface area contributed by atoms with E-state index < -0.39 is 17.6 Å². The van der Waals surface area contributed by atoms with Crippen molar-refractivity contribution in [3.63, 3.8) is 0 Å². The molecule has 3 N–H and O–H groups in total. The summed E-state index contributed by atoms with van der Waals surface area (Å²) in [6.45, 7) is 3.62. The summed E-state index contributed by atoms with van der Waals surface area (Å²) in [5.74, 6) is -0.934. The van der Waals surface area contributed by atoms with E-state index in [-0.39, 0.29) is 37.4 Å². The summed E-state index contributed by atoms with van der Waals surface area (Å²) in [7, 11) is 4.77. The number of likely N-dealkylation sites (N-methyl/N-ethyl adjacent to an activating group) is 3. The zero-order valence-electron chi connectivity index (χ0n) is 23.9. The van der Waals surface area contributed by atoms with E-state index in [4.69, 9.17) is 10.5 Å². The molecule has 3 aromatic rings. The van der Waals surface area contributed by atoms with E-state index in [1.54, 1.807) is 21.1 Å². The fourth-order valence-electron chi connectivity index (χ4n) is 4.33. The predicted octanol–water partition coefficient (Wildman–Crippen LogP) is 3.35. The van der Waals surface area contributed by atoms with Gasteiger partial charge in [-0.1, -0.05) is 60.7 Å². The Hall–Kier alpha value is -3.53. The number of thiophene rings is 1. The molecule has 40 heavy (non-hydrogen) atoms. The molecule has 8 nitrogen and oxygen atoms in total. The first-order chi connectivity index (χ1) is 19.0. The Bertz CT molecular complexity index is 1240. The highest BCUT2D eigenvalue weighted by atomic mass is 32.1. The Morgan fingerprint density at radius 2 is 1.55 bits per heavy atom. The van der Waals surface area contributed by atoms with Gasteiger partial charge in [0.25, 0.3) is 0 Å². The second kappa shape index (κ2) is 14.2. The molecular formula is C31H40N4O4S. The number of nitrogens with zero attached hydrogens (tertiary/aromatic N) is 2. The number of nitrogens with two attached hydrogens (primary N) is 1. The lowest BCUT2D eigenvalue weighted by molar-refractivity contribution is -0.149. The van der Waals surface area contributed by atoms with Crippen molar-refractivity contribution in [2.24, 2.45) is 5.73 Å². The van der Waals surface area contributed by atoms with Crippen LogP contribution in [0.1, 0.15) is 24.3 Å². The fraction of sp³-hybridized carbons (Fsp3) is 0.387. The van der Waals surface area contributed by atoms with Crippen LogP contribution < -0.4 is 11.1 Å². The van der Waals surface area contributed by atoms with Crippen molar-refractivity contribution in [1.29, 1.82) is 0 Å². The lowest BCUT2D eigenvalue weighted by Gasteiger charge is -2.34. The molecule has 9 heteroatoms. The number of amides is 3. The van der Waals surface area contributed by atoms with E-state index in [1.807, 2.05) is 86.0 Å². The molecule has 214 valence electrons. The first kappa shape index (κ1) is 31.0. The topological polar surface area (TPSA) is 105 Å². The van der Waals surface area contributed by atoms with Crippen LogP contribution in [0.2, 0.25) is 0 Å². The standard InChI is InChI=1S/C31H40N4O4S/c1-31(2,32)21-39-20-28(36)34(4)27(18-22-13-15-24(16-14-22)23-10-7-6-8-11-23)30(38)35(5)26(29(37)33-3)19-25-12-9-17-40-25/h6-17,26-27H,18-21,32H2,1-5H3,(H,33,37)/t26-,27-/m1/s1. The van der Waals surface area contributed by atoms with Crippen LogP contribution in [0.3, 0.4) is 0 Å². The molecule has 0 saturated heterocycles. The van der Waals surface area contributed by atoms with Crippen LogP contribution in [0.4, 0.5) is 0 Å². The van der Waals surface area contributed by atoms with Crippen LogP contribution in [0.15, 0.2) is 72.1 Å². The molecule has 2 atom stereocenters. The average Bonchev–Trinajstić information content (AvgIpc) is 3.46. The number of carbonyl (C=O) groups excluding carboxylic acids is 3. The molecule has 0 aliphatic heterocycles. The quantitative estimate of drug-likeness (QED) is 0.331. The summed E-state index contributed by atoms with van der Waals surface area (Å²) in [6.07, 6.45) is 0.659. The lowest BCUT2D eigenvalue weighted by Crippen LogP contribution is -2.56. The molecule has 0 unspecified atom stereocenters. The second-order valence-corrected chi connectivity index (χ2v) is 11.7. The second-order valence-electron chi connectivity index (χ2n) is 10.6. The van der Waals surface area contributed by atoms with Crippen molar-refractivity contribution in [2.75, 3.05) is 34.4 Å². The summed E-state index contributed by atoms with van der Waals surface area (Å²) >= 11 is 1.53. The molecule has 0 radical (unpaired) electrons. The van der Waals surface area contributed by atoms with Gasteiger partial charge in [0, 0.05) is 44.4 Å². The number of rotatable bonds is 13. The molecule has 0 bridgehead atoms. The summed E-state index contributed by atoms with van der Waals surface area (Å²) < 4.78 is 5.56. The van der Waals surface area contributed by atoms with Crippen molar-refractivity contribution < 1.29 is 19.1 Å². The minimum Gasteiger partial charge on any atom is -0.370 e. The Kier molecular flexibility index (Phi) is 11.0. The molecule has 0 spiro atoms. The van der Waals surface area contributed by atoms with Gasteiger partial charge in [0.05, 0.1) is 6.61 Å². The zero-order chi connectivity index (χ0) is 29.3. The van der Waals surface area contributed by atoms with Gasteiger partial charge in [-0.25, -0.2) is 0 Å². The van der Waals surface area contributed by atoms with Gasteiger partial charge in [0.1, 0.15) is 18.7 Å². The van der Waals surface area contributed by atoms with Gasteiger partial charge in [0.2, 0.25) is 17.7 Å². The first-order valence-corrected chi connectivity index (χ1v) is 14.2. The smallest absolute Gasteiger partial charge is 0.249 e. The molecule has 0 saturated carbocycles. The highest BCUT2D eigenvalue weighted by Gasteiger charge is 2.35. The SMILES string of the molecule is CNC(=O)[C@@H](Cc1cccs1)N(C)C(=O)[C@@H](Cc1ccc(-c2ccccc2)cc1)N(C)C(=O)COCC(C)(C)N. The van der Waals surface area contributed by atoms with Crippen molar-refractivity contribution >= 4 is 29.1 Å². The third-order valence-corrected chi connectivity index (χ3v) is 7.57. The number of hydrogen-bond donors (Lipinski definition) is 2. The zero-order valence-corrected chi connectivity index (χ0v) is 24.7. The molecule has 1 heterocycles. The van der Waals surface area contributed by atoms with Crippen LogP contribution in [0.25, 0.3) is 11.1 Å². The molecular weight excluding hydrogens is 524 g/mol. The van der Waals surface area contributed by atoms with Crippen LogP contribution in [-0.2, 0) is 32.0 Å². The van der Waals surface area contributed by atoms with Gasteiger partial charge < -0.3 is 25.6 Å². The van der Waals surface area contributed by atoms with E-state index in [2.05, 4.69) is 5.32 Å². The number of ether oxygens (including phenoxy) is 1. The summed E-state index contributed by atoms with van der Waals surface area (Å²) in [5, 5.41) is 4.62. The van der Waals surface area contributed by atoms with E-state index in [1.165, 1.54) is 21.1 Å². The van der Waals surface area contributed by atoms with Gasteiger partial charge in [-0.15, -0.1) is 11.3 Å². The van der Waals surface area contributed by atoms with Gasteiger partial charge in [-0.2, -0.15) is 0 Å². The largest absolute Gasteiger partial charge is 0.370 e. The average molecular weight is 565 g/mol. The predicted molar refractivity (Wildman–Crippen MR) is 160 cm³/mol. The van der Waals surface area contributed by atoms with Gasteiger partial charge in [0.15, 0.2) is 0 Å². The third-order valence-electron chi connectivity index (χ3n) is 6.67. The Morgan fingerprint density at radius 1 is 0.900 bits per heavy atom. The summed E-state index contributed by atoms with van der Waals surface area (Å²) in [4.78, 5) is 43.9. The lowest BCUT2D eigenvalue weighted by atomic mass is 9.99. The molecule has 0 aliphatic carbocycles. The highest BCUT2D eigenvalue weighted by molar-refractivity contribution is 7.09. The molecule has 0 fully saturated rings. The number of nitrogens with one attached hydrogen (secondary N) is 1. The highest BCUT2D eigenvalue weighted by Crippen LogP contribution is 2.22. The maximum Gasteiger partial charge on any atom is 0.249 e. The van der Waals surface area contributed by atoms with Crippen molar-refractivity contribution in [1.82, 2.24) is 15.1 Å². The van der Waals surface area contributed by atoms with Crippen molar-refractivity contribution in [3.8, 4) is 11.1 Å². The maximum absolute atomic E-state index is 14.0. The fourth-order valence-corrected chi connectivity index (χ4v) is 5.08. The Morgan fingerprint density at radius 3 is 2.12 bits per heavy atom. The summed E-state index contributed by atoms with van der Waals surface area (Å²) in [6, 6.07) is 20.3. The molecule has 2 aromatic carbocycles. The summed E-state index contributed by atoms with van der Waals surface area (Å²) in [5.41, 5.74) is 8.44. The molecule has 1 aromatic heterocycles. The Balaban J connectivity index is 1.85. The normalized spacial score (nSPS) is 12.8. The van der Waals surface area contributed by atoms with Crippen LogP contribution >= 0.6 is 11.3 Å². The van der Waals surface area contributed by atoms with Crippen LogP contribution in [0, 0.1) is 0 Å². The number of benzene rings is 2. The van der Waals surface area contributed by atoms with Gasteiger partial charge in [-0.3, -0.25) is 14.4 Å². The van der Waals surface area contributed by atoms with E-state index in [9.17, 15) is 14.4 Å². The van der Waals surface area contributed by atoms with Gasteiger partial charge >= 0.3 is 0 Å². The third kappa shape index (κ3) is 8.74. The molecule has 3 rings (SSSR count).